The molecule has 1 aliphatic rings. The average molecular weight is 287 g/mol. The van der Waals surface area contributed by atoms with Crippen LogP contribution in [0.25, 0.3) is 5.95 Å². The maximum absolute atomic E-state index is 4.53. The molecule has 2 aromatic heterocycles. The smallest absolute Gasteiger partial charge is 0.257 e. The SMILES string of the molecule is CNc1nc(N(C)CC2CCCC2)nc(-n2cccn2)n1. The summed E-state index contributed by atoms with van der Waals surface area (Å²) in [6, 6.07) is 1.85. The summed E-state index contributed by atoms with van der Waals surface area (Å²) < 4.78 is 1.65. The Kier molecular flexibility index (Phi) is 3.98. The van der Waals surface area contributed by atoms with Gasteiger partial charge >= 0.3 is 0 Å². The predicted molar refractivity (Wildman–Crippen MR) is 81.7 cm³/mol. The highest BCUT2D eigenvalue weighted by atomic mass is 15.4. The van der Waals surface area contributed by atoms with Crippen LogP contribution >= 0.6 is 0 Å². The van der Waals surface area contributed by atoms with Gasteiger partial charge in [-0.05, 0) is 24.8 Å². The number of nitrogens with one attached hydrogen (secondary N) is 1. The van der Waals surface area contributed by atoms with E-state index in [0.717, 1.165) is 12.5 Å². The van der Waals surface area contributed by atoms with Gasteiger partial charge in [-0.1, -0.05) is 12.8 Å². The van der Waals surface area contributed by atoms with E-state index < -0.39 is 0 Å². The second-order valence-corrected chi connectivity index (χ2v) is 5.49. The van der Waals surface area contributed by atoms with Crippen LogP contribution in [0.4, 0.5) is 11.9 Å². The van der Waals surface area contributed by atoms with E-state index in [4.69, 9.17) is 0 Å². The quantitative estimate of drug-likeness (QED) is 0.903. The van der Waals surface area contributed by atoms with Crippen LogP contribution in [0, 0.1) is 5.92 Å². The molecule has 0 aliphatic heterocycles. The lowest BCUT2D eigenvalue weighted by atomic mass is 10.1. The molecule has 0 unspecified atom stereocenters. The second-order valence-electron chi connectivity index (χ2n) is 5.49. The molecule has 1 fully saturated rings. The molecule has 0 atom stereocenters. The van der Waals surface area contributed by atoms with Gasteiger partial charge in [0.2, 0.25) is 11.9 Å². The Bertz CT molecular complexity index is 575. The van der Waals surface area contributed by atoms with E-state index in [2.05, 4.69) is 30.3 Å². The van der Waals surface area contributed by atoms with Crippen molar-refractivity contribution >= 4 is 11.9 Å². The molecule has 7 heteroatoms. The average Bonchev–Trinajstić information content (AvgIpc) is 3.20. The van der Waals surface area contributed by atoms with E-state index >= 15 is 0 Å². The molecule has 0 amide bonds. The maximum atomic E-state index is 4.53. The lowest BCUT2D eigenvalue weighted by Gasteiger charge is -2.21. The van der Waals surface area contributed by atoms with Crippen molar-refractivity contribution in [3.05, 3.63) is 18.5 Å². The summed E-state index contributed by atoms with van der Waals surface area (Å²) in [5, 5.41) is 7.17. The summed E-state index contributed by atoms with van der Waals surface area (Å²) in [4.78, 5) is 15.5. The van der Waals surface area contributed by atoms with Gasteiger partial charge in [0.1, 0.15) is 0 Å². The van der Waals surface area contributed by atoms with E-state index in [1.165, 1.54) is 25.7 Å². The van der Waals surface area contributed by atoms with Crippen LogP contribution in [0.2, 0.25) is 0 Å². The summed E-state index contributed by atoms with van der Waals surface area (Å²) in [5.74, 6) is 2.53. The number of anilines is 2. The molecule has 0 spiro atoms. The number of aromatic nitrogens is 5. The molecule has 1 N–H and O–H groups in total. The van der Waals surface area contributed by atoms with Gasteiger partial charge in [-0.2, -0.15) is 20.1 Å². The van der Waals surface area contributed by atoms with Crippen molar-refractivity contribution in [1.82, 2.24) is 24.7 Å². The molecule has 0 bridgehead atoms. The molecule has 21 heavy (non-hydrogen) atoms. The van der Waals surface area contributed by atoms with Gasteiger partial charge < -0.3 is 10.2 Å². The summed E-state index contributed by atoms with van der Waals surface area (Å²) in [6.45, 7) is 0.992. The Morgan fingerprint density at radius 2 is 2.10 bits per heavy atom. The Morgan fingerprint density at radius 3 is 2.76 bits per heavy atom. The summed E-state index contributed by atoms with van der Waals surface area (Å²) in [6.07, 6.45) is 8.84. The van der Waals surface area contributed by atoms with Gasteiger partial charge in [-0.25, -0.2) is 4.68 Å². The van der Waals surface area contributed by atoms with Crippen LogP contribution in [0.5, 0.6) is 0 Å². The molecule has 0 aromatic carbocycles. The highest BCUT2D eigenvalue weighted by molar-refractivity contribution is 5.39. The van der Waals surface area contributed by atoms with Gasteiger partial charge in [0.05, 0.1) is 0 Å². The topological polar surface area (TPSA) is 71.8 Å². The molecule has 0 radical (unpaired) electrons. The fraction of sp³-hybridized carbons (Fsp3) is 0.571. The summed E-state index contributed by atoms with van der Waals surface area (Å²) >= 11 is 0. The number of hydrogen-bond donors (Lipinski definition) is 1. The largest absolute Gasteiger partial charge is 0.357 e. The van der Waals surface area contributed by atoms with Crippen LogP contribution in [0.15, 0.2) is 18.5 Å². The van der Waals surface area contributed by atoms with Crippen molar-refractivity contribution in [3.63, 3.8) is 0 Å². The fourth-order valence-electron chi connectivity index (χ4n) is 2.79. The van der Waals surface area contributed by atoms with Gasteiger partial charge in [0, 0.05) is 33.0 Å². The third-order valence-electron chi connectivity index (χ3n) is 3.89. The Labute approximate surface area is 124 Å². The summed E-state index contributed by atoms with van der Waals surface area (Å²) in [7, 11) is 3.85. The zero-order valence-corrected chi connectivity index (χ0v) is 12.5. The zero-order chi connectivity index (χ0) is 14.7. The van der Waals surface area contributed by atoms with E-state index in [1.807, 2.05) is 26.4 Å². The van der Waals surface area contributed by atoms with E-state index in [1.54, 1.807) is 10.9 Å². The van der Waals surface area contributed by atoms with E-state index in [0.29, 0.717) is 17.8 Å². The van der Waals surface area contributed by atoms with Crippen LogP contribution in [0.3, 0.4) is 0 Å². The molecule has 7 nitrogen and oxygen atoms in total. The highest BCUT2D eigenvalue weighted by Crippen LogP contribution is 2.26. The minimum absolute atomic E-state index is 0.535. The standard InChI is InChI=1S/C14H21N7/c1-15-12-17-13(20(2)10-11-6-3-4-7-11)19-14(18-12)21-9-5-8-16-21/h5,8-9,11H,3-4,6-7,10H2,1-2H3,(H,15,17,18,19). The number of rotatable bonds is 5. The van der Waals surface area contributed by atoms with Crippen molar-refractivity contribution in [2.75, 3.05) is 30.9 Å². The zero-order valence-electron chi connectivity index (χ0n) is 12.5. The molecule has 0 saturated heterocycles. The lowest BCUT2D eigenvalue weighted by molar-refractivity contribution is 0.542. The predicted octanol–water partition coefficient (Wildman–Crippen LogP) is 1.73. The highest BCUT2D eigenvalue weighted by Gasteiger charge is 2.19. The third kappa shape index (κ3) is 3.12. The van der Waals surface area contributed by atoms with E-state index in [-0.39, 0.29) is 0 Å². The fourth-order valence-corrected chi connectivity index (χ4v) is 2.79. The van der Waals surface area contributed by atoms with Crippen LogP contribution in [-0.2, 0) is 0 Å². The van der Waals surface area contributed by atoms with Crippen LogP contribution in [-0.4, -0.2) is 45.4 Å². The minimum atomic E-state index is 0.535. The van der Waals surface area contributed by atoms with Gasteiger partial charge in [-0.15, -0.1) is 0 Å². The van der Waals surface area contributed by atoms with Crippen molar-refractivity contribution in [2.24, 2.45) is 5.92 Å². The van der Waals surface area contributed by atoms with Crippen molar-refractivity contribution in [1.29, 1.82) is 0 Å². The van der Waals surface area contributed by atoms with E-state index in [9.17, 15) is 0 Å². The van der Waals surface area contributed by atoms with Gasteiger partial charge in [-0.3, -0.25) is 0 Å². The molecule has 1 aliphatic carbocycles. The van der Waals surface area contributed by atoms with Gasteiger partial charge in [0.15, 0.2) is 0 Å². The first-order valence-corrected chi connectivity index (χ1v) is 7.41. The number of nitrogens with zero attached hydrogens (tertiary/aromatic N) is 6. The molecular formula is C14H21N7. The van der Waals surface area contributed by atoms with Crippen molar-refractivity contribution in [2.45, 2.75) is 25.7 Å². The first-order valence-electron chi connectivity index (χ1n) is 7.41. The molecule has 1 saturated carbocycles. The molecule has 112 valence electrons. The van der Waals surface area contributed by atoms with Crippen LogP contribution < -0.4 is 10.2 Å². The molecule has 3 rings (SSSR count). The Morgan fingerprint density at radius 1 is 1.29 bits per heavy atom. The summed E-state index contributed by atoms with van der Waals surface area (Å²) in [5.41, 5.74) is 0. The molecule has 2 aromatic rings. The minimum Gasteiger partial charge on any atom is -0.357 e. The molecule has 2 heterocycles. The van der Waals surface area contributed by atoms with Crippen molar-refractivity contribution in [3.8, 4) is 5.95 Å². The Hall–Kier alpha value is -2.18. The lowest BCUT2D eigenvalue weighted by Crippen LogP contribution is -2.27. The van der Waals surface area contributed by atoms with Crippen LogP contribution in [0.1, 0.15) is 25.7 Å². The normalized spacial score (nSPS) is 15.3. The maximum Gasteiger partial charge on any atom is 0.257 e. The van der Waals surface area contributed by atoms with Crippen molar-refractivity contribution < 1.29 is 0 Å². The third-order valence-corrected chi connectivity index (χ3v) is 3.89. The number of hydrogen-bond acceptors (Lipinski definition) is 6. The molecular weight excluding hydrogens is 266 g/mol. The second kappa shape index (κ2) is 6.07. The Balaban J connectivity index is 1.84. The monoisotopic (exact) mass is 287 g/mol. The first kappa shape index (κ1) is 13.8. The first-order chi connectivity index (χ1) is 10.3. The van der Waals surface area contributed by atoms with Gasteiger partial charge in [0.25, 0.3) is 5.95 Å².